The molecule has 2 aromatic carbocycles. The molecule has 0 unspecified atom stereocenters. The Morgan fingerprint density at radius 2 is 1.75 bits per heavy atom. The summed E-state index contributed by atoms with van der Waals surface area (Å²) in [6.07, 6.45) is 6.65. The highest BCUT2D eigenvalue weighted by Gasteiger charge is 2.40. The van der Waals surface area contributed by atoms with Gasteiger partial charge in [0, 0.05) is 16.7 Å². The number of aliphatic carboxylic acids is 1. The molecule has 3 nitrogen and oxygen atoms in total. The third-order valence-electron chi connectivity index (χ3n) is 4.88. The van der Waals surface area contributed by atoms with Crippen molar-refractivity contribution in [2.45, 2.75) is 51.6 Å². The van der Waals surface area contributed by atoms with Crippen LogP contribution in [0.3, 0.4) is 0 Å². The number of rotatable bonds is 2. The maximum Gasteiger partial charge on any atom is 0.307 e. The number of hydrogen-bond donors (Lipinski definition) is 1. The highest BCUT2D eigenvalue weighted by Crippen LogP contribution is 2.46. The minimum absolute atomic E-state index is 0.00942. The molecular weight excluding hydrogens is 348 g/mol. The summed E-state index contributed by atoms with van der Waals surface area (Å²) in [6, 6.07) is 11.2. The molecule has 0 amide bonds. The molecule has 0 spiro atoms. The monoisotopic (exact) mass is 372 g/mol. The van der Waals surface area contributed by atoms with Gasteiger partial charge in [-0.2, -0.15) is 0 Å². The maximum absolute atomic E-state index is 10.8. The first-order chi connectivity index (χ1) is 13.1. The van der Waals surface area contributed by atoms with Crippen LogP contribution in [0, 0.1) is 24.2 Å². The molecule has 0 saturated carbocycles. The van der Waals surface area contributed by atoms with Crippen LogP contribution in [0.5, 0.6) is 5.75 Å². The van der Waals surface area contributed by atoms with Crippen LogP contribution < -0.4 is 4.74 Å². The predicted molar refractivity (Wildman–Crippen MR) is 110 cm³/mol. The Morgan fingerprint density at radius 1 is 1.11 bits per heavy atom. The zero-order chi connectivity index (χ0) is 20.5. The summed E-state index contributed by atoms with van der Waals surface area (Å²) < 4.78 is 6.20. The van der Waals surface area contributed by atoms with Gasteiger partial charge in [-0.05, 0) is 55.5 Å². The minimum Gasteiger partial charge on any atom is -0.486 e. The highest BCUT2D eigenvalue weighted by molar-refractivity contribution is 5.70. The van der Waals surface area contributed by atoms with E-state index in [1.165, 1.54) is 0 Å². The van der Waals surface area contributed by atoms with Gasteiger partial charge in [0.1, 0.15) is 11.4 Å². The van der Waals surface area contributed by atoms with Crippen molar-refractivity contribution in [2.75, 3.05) is 0 Å². The zero-order valence-electron chi connectivity index (χ0n) is 16.7. The quantitative estimate of drug-likeness (QED) is 0.788. The van der Waals surface area contributed by atoms with E-state index in [-0.39, 0.29) is 17.4 Å². The van der Waals surface area contributed by atoms with Crippen LogP contribution in [0.25, 0.3) is 0 Å². The van der Waals surface area contributed by atoms with Gasteiger partial charge in [-0.25, -0.2) is 0 Å². The Morgan fingerprint density at radius 3 is 2.36 bits per heavy atom. The van der Waals surface area contributed by atoms with Gasteiger partial charge in [-0.15, -0.1) is 6.42 Å². The van der Waals surface area contributed by atoms with Crippen LogP contribution >= 0.6 is 0 Å². The van der Waals surface area contributed by atoms with E-state index in [2.05, 4.69) is 51.5 Å². The normalized spacial score (nSPS) is 16.0. The lowest BCUT2D eigenvalue weighted by Crippen LogP contribution is -2.41. The summed E-state index contributed by atoms with van der Waals surface area (Å²) in [7, 11) is 0. The first-order valence-electron chi connectivity index (χ1n) is 9.26. The Hall–Kier alpha value is -3.17. The summed E-state index contributed by atoms with van der Waals surface area (Å²) in [5.41, 5.74) is 3.89. The standard InChI is InChI=1S/C25H24O3/c1-6-20-13-19(12-9-17-7-10-18(11-8-17)15-22(26)27)14-21-23(20)28-25(4,5)16-24(21,2)3/h1,7-8,10-11,13-14H,15-16H2,2-5H3,(H,26,27). The third kappa shape index (κ3) is 4.21. The van der Waals surface area contributed by atoms with E-state index in [0.29, 0.717) is 0 Å². The fraction of sp³-hybridized carbons (Fsp3) is 0.320. The van der Waals surface area contributed by atoms with Crippen molar-refractivity contribution in [1.82, 2.24) is 0 Å². The van der Waals surface area contributed by atoms with Gasteiger partial charge >= 0.3 is 5.97 Å². The number of terminal acetylenes is 1. The molecule has 2 aromatic rings. The first kappa shape index (κ1) is 19.6. The average Bonchev–Trinajstić information content (AvgIpc) is 2.59. The number of hydrogen-bond acceptors (Lipinski definition) is 2. The predicted octanol–water partition coefficient (Wildman–Crippen LogP) is 4.53. The largest absolute Gasteiger partial charge is 0.486 e. The molecule has 3 rings (SSSR count). The van der Waals surface area contributed by atoms with Crippen molar-refractivity contribution in [3.8, 4) is 29.9 Å². The topological polar surface area (TPSA) is 46.5 Å². The molecule has 0 saturated heterocycles. The summed E-state index contributed by atoms with van der Waals surface area (Å²) in [5, 5.41) is 8.85. The van der Waals surface area contributed by atoms with E-state index in [0.717, 1.165) is 40.0 Å². The SMILES string of the molecule is C#Cc1cc(C#Cc2ccc(CC(=O)O)cc2)cc2c1OC(C)(C)CC2(C)C. The van der Waals surface area contributed by atoms with Gasteiger partial charge in [0.15, 0.2) is 0 Å². The molecule has 142 valence electrons. The van der Waals surface area contributed by atoms with Crippen LogP contribution in [0.15, 0.2) is 36.4 Å². The number of carbonyl (C=O) groups is 1. The van der Waals surface area contributed by atoms with E-state index < -0.39 is 5.97 Å². The lowest BCUT2D eigenvalue weighted by Gasteiger charge is -2.43. The summed E-state index contributed by atoms with van der Waals surface area (Å²) in [4.78, 5) is 10.8. The van der Waals surface area contributed by atoms with Gasteiger partial charge in [0.05, 0.1) is 12.0 Å². The van der Waals surface area contributed by atoms with E-state index in [1.807, 2.05) is 18.2 Å². The van der Waals surface area contributed by atoms with Crippen LogP contribution in [0.4, 0.5) is 0 Å². The van der Waals surface area contributed by atoms with Gasteiger partial charge in [-0.3, -0.25) is 4.79 Å². The molecule has 1 N–H and O–H groups in total. The second-order valence-corrected chi connectivity index (χ2v) is 8.48. The van der Waals surface area contributed by atoms with Gasteiger partial charge in [0.25, 0.3) is 0 Å². The Labute approximate surface area is 166 Å². The number of carboxylic acid groups (broad SMARTS) is 1. The molecule has 1 aliphatic heterocycles. The average molecular weight is 372 g/mol. The lowest BCUT2D eigenvalue weighted by atomic mass is 9.72. The number of ether oxygens (including phenoxy) is 1. The van der Waals surface area contributed by atoms with Crippen molar-refractivity contribution < 1.29 is 14.6 Å². The first-order valence-corrected chi connectivity index (χ1v) is 9.26. The van der Waals surface area contributed by atoms with Crippen molar-refractivity contribution >= 4 is 5.97 Å². The van der Waals surface area contributed by atoms with E-state index in [1.54, 1.807) is 12.1 Å². The van der Waals surface area contributed by atoms with Crippen LogP contribution in [-0.2, 0) is 16.6 Å². The van der Waals surface area contributed by atoms with Gasteiger partial charge < -0.3 is 9.84 Å². The van der Waals surface area contributed by atoms with Gasteiger partial charge in [-0.1, -0.05) is 43.7 Å². The van der Waals surface area contributed by atoms with Crippen molar-refractivity contribution in [3.63, 3.8) is 0 Å². The molecule has 0 radical (unpaired) electrons. The van der Waals surface area contributed by atoms with Crippen molar-refractivity contribution in [2.24, 2.45) is 0 Å². The van der Waals surface area contributed by atoms with Crippen LogP contribution in [-0.4, -0.2) is 16.7 Å². The fourth-order valence-corrected chi connectivity index (χ4v) is 3.92. The van der Waals surface area contributed by atoms with Crippen molar-refractivity contribution in [3.05, 3.63) is 64.2 Å². The molecule has 0 aromatic heterocycles. The van der Waals surface area contributed by atoms with Crippen molar-refractivity contribution in [1.29, 1.82) is 0 Å². The lowest BCUT2D eigenvalue weighted by molar-refractivity contribution is -0.136. The summed E-state index contributed by atoms with van der Waals surface area (Å²) >= 11 is 0. The molecule has 3 heteroatoms. The van der Waals surface area contributed by atoms with Gasteiger partial charge in [0.2, 0.25) is 0 Å². The smallest absolute Gasteiger partial charge is 0.307 e. The van der Waals surface area contributed by atoms with Crippen LogP contribution in [0.1, 0.15) is 61.9 Å². The number of carboxylic acids is 1. The maximum atomic E-state index is 10.8. The second-order valence-electron chi connectivity index (χ2n) is 8.48. The highest BCUT2D eigenvalue weighted by atomic mass is 16.5. The molecule has 28 heavy (non-hydrogen) atoms. The second kappa shape index (κ2) is 7.10. The Balaban J connectivity index is 1.97. The molecule has 1 heterocycles. The molecule has 0 bridgehead atoms. The molecule has 0 fully saturated rings. The van der Waals surface area contributed by atoms with Crippen LogP contribution in [0.2, 0.25) is 0 Å². The number of benzene rings is 2. The number of fused-ring (bicyclic) bond motifs is 1. The Bertz CT molecular complexity index is 1020. The summed E-state index contributed by atoms with van der Waals surface area (Å²) in [5.74, 6) is 9.01. The van der Waals surface area contributed by atoms with E-state index in [9.17, 15) is 4.79 Å². The molecule has 0 atom stereocenters. The van der Waals surface area contributed by atoms with E-state index >= 15 is 0 Å². The molecular formula is C25H24O3. The minimum atomic E-state index is -0.845. The molecule has 0 aliphatic carbocycles. The zero-order valence-corrected chi connectivity index (χ0v) is 16.7. The summed E-state index contributed by atoms with van der Waals surface area (Å²) in [6.45, 7) is 8.57. The third-order valence-corrected chi connectivity index (χ3v) is 4.88. The molecule has 1 aliphatic rings. The van der Waals surface area contributed by atoms with E-state index in [4.69, 9.17) is 16.3 Å². The fourth-order valence-electron chi connectivity index (χ4n) is 3.92. The Kier molecular flexibility index (Phi) is 4.97.